The number of piperazine rings is 1. The first kappa shape index (κ1) is 19.8. The molecule has 3 rings (SSSR count). The van der Waals surface area contributed by atoms with E-state index in [1.807, 2.05) is 4.90 Å². The van der Waals surface area contributed by atoms with Crippen LogP contribution in [0, 0.1) is 6.92 Å². The highest BCUT2D eigenvalue weighted by Crippen LogP contribution is 2.12. The molecular formula is C21H32N4O2. The zero-order valence-corrected chi connectivity index (χ0v) is 16.5. The summed E-state index contributed by atoms with van der Waals surface area (Å²) in [5.74, 6) is 0.347. The predicted octanol–water partition coefficient (Wildman–Crippen LogP) is 1.24. The number of hydrogen-bond acceptors (Lipinski definition) is 4. The number of carbonyl (C=O) groups is 2. The summed E-state index contributed by atoms with van der Waals surface area (Å²) in [5.41, 5.74) is 2.73. The van der Waals surface area contributed by atoms with Gasteiger partial charge in [-0.3, -0.25) is 19.4 Å². The molecule has 2 aliphatic rings. The Hall–Kier alpha value is -1.92. The van der Waals surface area contributed by atoms with Crippen LogP contribution in [-0.2, 0) is 16.1 Å². The fourth-order valence-electron chi connectivity index (χ4n) is 3.83. The molecule has 6 nitrogen and oxygen atoms in total. The Morgan fingerprint density at radius 1 is 1.07 bits per heavy atom. The van der Waals surface area contributed by atoms with Crippen molar-refractivity contribution in [1.82, 2.24) is 20.0 Å². The highest BCUT2D eigenvalue weighted by atomic mass is 16.2. The summed E-state index contributed by atoms with van der Waals surface area (Å²) >= 11 is 0. The molecule has 1 aromatic rings. The molecule has 148 valence electrons. The number of rotatable bonds is 8. The third-order valence-corrected chi connectivity index (χ3v) is 5.59. The minimum absolute atomic E-state index is 0.0927. The van der Waals surface area contributed by atoms with Crippen LogP contribution in [0.25, 0.3) is 0 Å². The van der Waals surface area contributed by atoms with Gasteiger partial charge in [-0.1, -0.05) is 24.3 Å². The average Bonchev–Trinajstić information content (AvgIpc) is 3.07. The van der Waals surface area contributed by atoms with Crippen molar-refractivity contribution < 1.29 is 9.59 Å². The molecule has 0 spiro atoms. The van der Waals surface area contributed by atoms with E-state index in [0.717, 1.165) is 58.7 Å². The molecule has 2 heterocycles. The smallest absolute Gasteiger partial charge is 0.234 e. The number of aryl methyl sites for hydroxylation is 1. The third-order valence-electron chi connectivity index (χ3n) is 5.59. The third kappa shape index (κ3) is 6.04. The van der Waals surface area contributed by atoms with Gasteiger partial charge < -0.3 is 10.2 Å². The number of nitrogens with zero attached hydrogens (tertiary/aromatic N) is 3. The fraction of sp³-hybridized carbons (Fsp3) is 0.619. The van der Waals surface area contributed by atoms with Crippen molar-refractivity contribution >= 4 is 11.8 Å². The van der Waals surface area contributed by atoms with Crippen molar-refractivity contribution in [2.75, 3.05) is 52.4 Å². The zero-order valence-electron chi connectivity index (χ0n) is 16.5. The van der Waals surface area contributed by atoms with E-state index in [1.165, 1.54) is 11.1 Å². The van der Waals surface area contributed by atoms with Gasteiger partial charge in [-0.15, -0.1) is 0 Å². The largest absolute Gasteiger partial charge is 0.355 e. The fourth-order valence-corrected chi connectivity index (χ4v) is 3.83. The standard InChI is InChI=1S/C21H32N4O2/c1-18-6-2-3-7-19(18)16-23-12-14-24(15-13-23)17-20(26)22-9-5-11-25-10-4-8-21(25)27/h2-3,6-7H,4-5,8-17H2,1H3,(H,22,26). The van der Waals surface area contributed by atoms with E-state index < -0.39 is 0 Å². The van der Waals surface area contributed by atoms with Crippen LogP contribution in [0.5, 0.6) is 0 Å². The van der Waals surface area contributed by atoms with Crippen molar-refractivity contribution in [1.29, 1.82) is 0 Å². The van der Waals surface area contributed by atoms with E-state index in [-0.39, 0.29) is 11.8 Å². The number of likely N-dealkylation sites (tertiary alicyclic amines) is 1. The van der Waals surface area contributed by atoms with E-state index >= 15 is 0 Å². The Labute approximate surface area is 162 Å². The van der Waals surface area contributed by atoms with Gasteiger partial charge in [0.15, 0.2) is 0 Å². The van der Waals surface area contributed by atoms with Gasteiger partial charge in [-0.25, -0.2) is 0 Å². The van der Waals surface area contributed by atoms with Gasteiger partial charge in [0.25, 0.3) is 0 Å². The van der Waals surface area contributed by atoms with Crippen molar-refractivity contribution in [3.05, 3.63) is 35.4 Å². The average molecular weight is 373 g/mol. The summed E-state index contributed by atoms with van der Waals surface area (Å²) in [6, 6.07) is 8.54. The minimum atomic E-state index is 0.0927. The van der Waals surface area contributed by atoms with Gasteiger partial charge in [-0.2, -0.15) is 0 Å². The monoisotopic (exact) mass is 372 g/mol. The second-order valence-electron chi connectivity index (χ2n) is 7.67. The summed E-state index contributed by atoms with van der Waals surface area (Å²) in [5, 5.41) is 3.00. The second-order valence-corrected chi connectivity index (χ2v) is 7.67. The molecule has 2 amide bonds. The lowest BCUT2D eigenvalue weighted by atomic mass is 10.1. The minimum Gasteiger partial charge on any atom is -0.355 e. The van der Waals surface area contributed by atoms with Crippen molar-refractivity contribution in [3.8, 4) is 0 Å². The molecule has 0 aliphatic carbocycles. The highest BCUT2D eigenvalue weighted by molar-refractivity contribution is 5.78. The number of hydrogen-bond donors (Lipinski definition) is 1. The highest BCUT2D eigenvalue weighted by Gasteiger charge is 2.20. The van der Waals surface area contributed by atoms with E-state index in [4.69, 9.17) is 0 Å². The molecule has 1 aromatic carbocycles. The van der Waals surface area contributed by atoms with Gasteiger partial charge in [-0.05, 0) is 30.9 Å². The molecule has 27 heavy (non-hydrogen) atoms. The van der Waals surface area contributed by atoms with Gasteiger partial charge in [0.1, 0.15) is 0 Å². The Bertz CT molecular complexity index is 641. The number of benzene rings is 1. The zero-order chi connectivity index (χ0) is 19.1. The van der Waals surface area contributed by atoms with Crippen LogP contribution in [0.1, 0.15) is 30.4 Å². The first-order chi connectivity index (χ1) is 13.1. The molecule has 0 radical (unpaired) electrons. The first-order valence-corrected chi connectivity index (χ1v) is 10.2. The second kappa shape index (κ2) is 9.85. The predicted molar refractivity (Wildman–Crippen MR) is 106 cm³/mol. The molecular weight excluding hydrogens is 340 g/mol. The summed E-state index contributed by atoms with van der Waals surface area (Å²) in [4.78, 5) is 30.3. The van der Waals surface area contributed by atoms with E-state index in [2.05, 4.69) is 46.3 Å². The molecule has 0 atom stereocenters. The van der Waals surface area contributed by atoms with Crippen LogP contribution in [0.4, 0.5) is 0 Å². The molecule has 6 heteroatoms. The Morgan fingerprint density at radius 3 is 2.52 bits per heavy atom. The van der Waals surface area contributed by atoms with E-state index in [0.29, 0.717) is 19.5 Å². The SMILES string of the molecule is Cc1ccccc1CN1CCN(CC(=O)NCCCN2CCCC2=O)CC1. The van der Waals surface area contributed by atoms with Crippen LogP contribution in [0.15, 0.2) is 24.3 Å². The van der Waals surface area contributed by atoms with Crippen LogP contribution in [0.3, 0.4) is 0 Å². The van der Waals surface area contributed by atoms with E-state index in [9.17, 15) is 9.59 Å². The lowest BCUT2D eigenvalue weighted by Crippen LogP contribution is -2.49. The number of amides is 2. The molecule has 0 bridgehead atoms. The maximum Gasteiger partial charge on any atom is 0.234 e. The molecule has 2 aliphatic heterocycles. The lowest BCUT2D eigenvalue weighted by Gasteiger charge is -2.34. The van der Waals surface area contributed by atoms with Crippen LogP contribution < -0.4 is 5.32 Å². The maximum atomic E-state index is 12.1. The van der Waals surface area contributed by atoms with Crippen LogP contribution >= 0.6 is 0 Å². The summed E-state index contributed by atoms with van der Waals surface area (Å²) in [7, 11) is 0. The Balaban J connectivity index is 1.29. The van der Waals surface area contributed by atoms with Gasteiger partial charge in [0.05, 0.1) is 6.54 Å². The van der Waals surface area contributed by atoms with E-state index in [1.54, 1.807) is 0 Å². The lowest BCUT2D eigenvalue weighted by molar-refractivity contribution is -0.127. The number of carbonyl (C=O) groups excluding carboxylic acids is 2. The molecule has 0 aromatic heterocycles. The topological polar surface area (TPSA) is 55.9 Å². The van der Waals surface area contributed by atoms with Crippen LogP contribution in [0.2, 0.25) is 0 Å². The number of nitrogens with one attached hydrogen (secondary N) is 1. The van der Waals surface area contributed by atoms with Crippen LogP contribution in [-0.4, -0.2) is 78.9 Å². The Morgan fingerprint density at radius 2 is 1.81 bits per heavy atom. The molecule has 2 fully saturated rings. The first-order valence-electron chi connectivity index (χ1n) is 10.2. The van der Waals surface area contributed by atoms with Gasteiger partial charge >= 0.3 is 0 Å². The summed E-state index contributed by atoms with van der Waals surface area (Å²) in [6.07, 6.45) is 2.49. The molecule has 1 N–H and O–H groups in total. The normalized spacial score (nSPS) is 18.9. The van der Waals surface area contributed by atoms with Crippen molar-refractivity contribution in [2.45, 2.75) is 32.7 Å². The van der Waals surface area contributed by atoms with Crippen molar-refractivity contribution in [3.63, 3.8) is 0 Å². The van der Waals surface area contributed by atoms with Gasteiger partial charge in [0.2, 0.25) is 11.8 Å². The van der Waals surface area contributed by atoms with Crippen molar-refractivity contribution in [2.24, 2.45) is 0 Å². The Kier molecular flexibility index (Phi) is 7.24. The molecule has 0 saturated carbocycles. The summed E-state index contributed by atoms with van der Waals surface area (Å²) in [6.45, 7) is 9.77. The maximum absolute atomic E-state index is 12.1. The quantitative estimate of drug-likeness (QED) is 0.698. The summed E-state index contributed by atoms with van der Waals surface area (Å²) < 4.78 is 0. The molecule has 2 saturated heterocycles. The molecule has 0 unspecified atom stereocenters. The van der Waals surface area contributed by atoms with Gasteiger partial charge in [0, 0.05) is 58.8 Å².